The minimum absolute atomic E-state index is 0. The topological polar surface area (TPSA) is 46.9 Å². The highest BCUT2D eigenvalue weighted by atomic mass is 35.5. The molecule has 1 aliphatic rings. The number of hydrogen-bond acceptors (Lipinski definition) is 4. The van der Waals surface area contributed by atoms with Gasteiger partial charge in [-0.15, -0.1) is 23.7 Å². The molecule has 0 amide bonds. The lowest BCUT2D eigenvalue weighted by molar-refractivity contribution is 0.320. The van der Waals surface area contributed by atoms with Crippen molar-refractivity contribution in [3.05, 3.63) is 40.0 Å². The third-order valence-electron chi connectivity index (χ3n) is 3.47. The molecule has 1 aliphatic heterocycles. The van der Waals surface area contributed by atoms with E-state index in [0.29, 0.717) is 12.5 Å². The quantitative estimate of drug-likeness (QED) is 0.947. The number of hydrogen-bond donors (Lipinski definition) is 1. The Morgan fingerprint density at radius 2 is 2.30 bits per heavy atom. The SMILES string of the molecule is Cl.O=c1ccc(-c2cccs2)nn1C[C@H]1CCCNC1. The van der Waals surface area contributed by atoms with Crippen LogP contribution in [0.25, 0.3) is 10.6 Å². The second kappa shape index (κ2) is 7.02. The molecule has 0 radical (unpaired) electrons. The fourth-order valence-electron chi connectivity index (χ4n) is 2.46. The third kappa shape index (κ3) is 3.48. The van der Waals surface area contributed by atoms with Gasteiger partial charge in [0.2, 0.25) is 0 Å². The first-order chi connectivity index (χ1) is 9.33. The Bertz CT molecular complexity index is 591. The van der Waals surface area contributed by atoms with Crippen LogP contribution in [0.2, 0.25) is 0 Å². The molecule has 1 saturated heterocycles. The fraction of sp³-hybridized carbons (Fsp3) is 0.429. The zero-order chi connectivity index (χ0) is 13.1. The molecule has 2 aromatic heterocycles. The van der Waals surface area contributed by atoms with Crippen molar-refractivity contribution in [1.29, 1.82) is 0 Å². The molecule has 0 bridgehead atoms. The molecule has 1 atom stereocenters. The number of piperidine rings is 1. The van der Waals surface area contributed by atoms with Gasteiger partial charge in [0.15, 0.2) is 0 Å². The van der Waals surface area contributed by atoms with Gasteiger partial charge in [-0.25, -0.2) is 4.68 Å². The van der Waals surface area contributed by atoms with Gasteiger partial charge < -0.3 is 5.32 Å². The Morgan fingerprint density at radius 1 is 1.40 bits per heavy atom. The van der Waals surface area contributed by atoms with Crippen LogP contribution in [-0.4, -0.2) is 22.9 Å². The maximum atomic E-state index is 11.9. The molecule has 6 heteroatoms. The lowest BCUT2D eigenvalue weighted by Gasteiger charge is -2.22. The van der Waals surface area contributed by atoms with Crippen LogP contribution in [-0.2, 0) is 6.54 Å². The van der Waals surface area contributed by atoms with Crippen molar-refractivity contribution in [2.75, 3.05) is 13.1 Å². The highest BCUT2D eigenvalue weighted by Gasteiger charge is 2.15. The minimum Gasteiger partial charge on any atom is -0.316 e. The zero-order valence-corrected chi connectivity index (χ0v) is 12.8. The molecule has 0 unspecified atom stereocenters. The fourth-order valence-corrected chi connectivity index (χ4v) is 3.15. The summed E-state index contributed by atoms with van der Waals surface area (Å²) in [6.45, 7) is 2.79. The molecule has 4 nitrogen and oxygen atoms in total. The maximum Gasteiger partial charge on any atom is 0.266 e. The predicted octanol–water partition coefficient (Wildman–Crippen LogP) is 2.39. The summed E-state index contributed by atoms with van der Waals surface area (Å²) in [5.41, 5.74) is 0.879. The van der Waals surface area contributed by atoms with Crippen LogP contribution in [0.1, 0.15) is 12.8 Å². The summed E-state index contributed by atoms with van der Waals surface area (Å²) in [5, 5.41) is 9.90. The van der Waals surface area contributed by atoms with Crippen molar-refractivity contribution in [3.63, 3.8) is 0 Å². The number of halogens is 1. The van der Waals surface area contributed by atoms with Crippen molar-refractivity contribution in [2.45, 2.75) is 19.4 Å². The van der Waals surface area contributed by atoms with Crippen LogP contribution in [0, 0.1) is 5.92 Å². The predicted molar refractivity (Wildman–Crippen MR) is 84.7 cm³/mol. The van der Waals surface area contributed by atoms with Gasteiger partial charge in [0.25, 0.3) is 5.56 Å². The first kappa shape index (κ1) is 15.2. The van der Waals surface area contributed by atoms with Gasteiger partial charge in [-0.05, 0) is 49.4 Å². The van der Waals surface area contributed by atoms with Crippen LogP contribution in [0.4, 0.5) is 0 Å². The van der Waals surface area contributed by atoms with Crippen molar-refractivity contribution >= 4 is 23.7 Å². The van der Waals surface area contributed by atoms with Gasteiger partial charge in [-0.3, -0.25) is 4.79 Å². The Morgan fingerprint density at radius 3 is 3.00 bits per heavy atom. The summed E-state index contributed by atoms with van der Waals surface area (Å²) in [6, 6.07) is 7.47. The van der Waals surface area contributed by atoms with Crippen LogP contribution in [0.5, 0.6) is 0 Å². The van der Waals surface area contributed by atoms with Crippen molar-refractivity contribution < 1.29 is 0 Å². The molecule has 0 spiro atoms. The van der Waals surface area contributed by atoms with Crippen molar-refractivity contribution in [1.82, 2.24) is 15.1 Å². The first-order valence-corrected chi connectivity index (χ1v) is 7.53. The van der Waals surface area contributed by atoms with Gasteiger partial charge in [-0.2, -0.15) is 5.10 Å². The van der Waals surface area contributed by atoms with E-state index >= 15 is 0 Å². The molecular weight excluding hydrogens is 294 g/mol. The maximum absolute atomic E-state index is 11.9. The van der Waals surface area contributed by atoms with E-state index in [1.165, 1.54) is 12.8 Å². The molecule has 0 aliphatic carbocycles. The first-order valence-electron chi connectivity index (χ1n) is 6.66. The van der Waals surface area contributed by atoms with Crippen molar-refractivity contribution in [3.8, 4) is 10.6 Å². The smallest absolute Gasteiger partial charge is 0.266 e. The molecule has 20 heavy (non-hydrogen) atoms. The van der Waals surface area contributed by atoms with E-state index < -0.39 is 0 Å². The number of aromatic nitrogens is 2. The van der Waals surface area contributed by atoms with Crippen LogP contribution in [0.15, 0.2) is 34.4 Å². The Labute approximate surface area is 128 Å². The largest absolute Gasteiger partial charge is 0.316 e. The summed E-state index contributed by atoms with van der Waals surface area (Å²) < 4.78 is 1.62. The van der Waals surface area contributed by atoms with Gasteiger partial charge in [0.1, 0.15) is 5.69 Å². The summed E-state index contributed by atoms with van der Waals surface area (Å²) in [6.07, 6.45) is 2.36. The van der Waals surface area contributed by atoms with E-state index in [1.807, 2.05) is 23.6 Å². The van der Waals surface area contributed by atoms with Gasteiger partial charge in [0.05, 0.1) is 4.88 Å². The summed E-state index contributed by atoms with van der Waals surface area (Å²) in [5.74, 6) is 0.512. The third-order valence-corrected chi connectivity index (χ3v) is 4.36. The number of thiophene rings is 1. The van der Waals surface area contributed by atoms with E-state index in [9.17, 15) is 4.79 Å². The molecular formula is C14H18ClN3OS. The van der Waals surface area contributed by atoms with E-state index in [2.05, 4.69) is 10.4 Å². The second-order valence-corrected chi connectivity index (χ2v) is 5.88. The number of nitrogens with zero attached hydrogens (tertiary/aromatic N) is 2. The molecule has 108 valence electrons. The standard InChI is InChI=1S/C14H17N3OS.ClH/c18-14-6-5-12(13-4-2-8-19-13)16-17(14)10-11-3-1-7-15-9-11;/h2,4-6,8,11,15H,1,3,7,9-10H2;1H/t11-;/m0./s1. The molecule has 3 heterocycles. The highest BCUT2D eigenvalue weighted by molar-refractivity contribution is 7.13. The molecule has 0 saturated carbocycles. The highest BCUT2D eigenvalue weighted by Crippen LogP contribution is 2.21. The molecule has 1 N–H and O–H groups in total. The Balaban J connectivity index is 0.00000147. The second-order valence-electron chi connectivity index (χ2n) is 4.93. The van der Waals surface area contributed by atoms with E-state index in [1.54, 1.807) is 22.1 Å². The zero-order valence-electron chi connectivity index (χ0n) is 11.1. The molecule has 1 fully saturated rings. The van der Waals surface area contributed by atoms with Gasteiger partial charge in [-0.1, -0.05) is 6.07 Å². The van der Waals surface area contributed by atoms with Crippen LogP contribution >= 0.6 is 23.7 Å². The summed E-state index contributed by atoms with van der Waals surface area (Å²) >= 11 is 1.65. The summed E-state index contributed by atoms with van der Waals surface area (Å²) in [7, 11) is 0. The van der Waals surface area contributed by atoms with Crippen LogP contribution < -0.4 is 10.9 Å². The molecule has 3 rings (SSSR count). The Kier molecular flexibility index (Phi) is 5.34. The van der Waals surface area contributed by atoms with Crippen LogP contribution in [0.3, 0.4) is 0 Å². The average Bonchev–Trinajstić information content (AvgIpc) is 2.96. The average molecular weight is 312 g/mol. The van der Waals surface area contributed by atoms with E-state index in [0.717, 1.165) is 23.7 Å². The minimum atomic E-state index is -0.00844. The number of nitrogens with one attached hydrogen (secondary N) is 1. The van der Waals surface area contributed by atoms with E-state index in [4.69, 9.17) is 0 Å². The number of rotatable bonds is 3. The normalized spacial score (nSPS) is 18.5. The molecule has 0 aromatic carbocycles. The summed E-state index contributed by atoms with van der Waals surface area (Å²) in [4.78, 5) is 13.0. The van der Waals surface area contributed by atoms with Gasteiger partial charge >= 0.3 is 0 Å². The molecule has 2 aromatic rings. The Hall–Kier alpha value is -1.17. The monoisotopic (exact) mass is 311 g/mol. The van der Waals surface area contributed by atoms with Gasteiger partial charge in [0, 0.05) is 12.6 Å². The van der Waals surface area contributed by atoms with E-state index in [-0.39, 0.29) is 18.0 Å². The van der Waals surface area contributed by atoms with Crippen molar-refractivity contribution in [2.24, 2.45) is 5.92 Å². The lowest BCUT2D eigenvalue weighted by Crippen LogP contribution is -2.35. The lowest BCUT2D eigenvalue weighted by atomic mass is 10.00.